The molecule has 2 aliphatic rings. The molecule has 14 heavy (non-hydrogen) atoms. The van der Waals surface area contributed by atoms with Gasteiger partial charge >= 0.3 is 0 Å². The summed E-state index contributed by atoms with van der Waals surface area (Å²) in [6, 6.07) is 0.897. The predicted octanol–water partition coefficient (Wildman–Crippen LogP) is 1.86. The maximum atomic E-state index is 3.68. The quantitative estimate of drug-likeness (QED) is 0.688. The number of hydrogen-bond acceptors (Lipinski definition) is 2. The van der Waals surface area contributed by atoms with E-state index < -0.39 is 0 Å². The SMILES string of the molecule is CC1(C)CNC(C)(C)CN(C2CC2)C1. The second-order valence-electron chi connectivity index (χ2n) is 6.54. The highest BCUT2D eigenvalue weighted by molar-refractivity contribution is 4.96. The second kappa shape index (κ2) is 3.21. The Morgan fingerprint density at radius 2 is 1.71 bits per heavy atom. The summed E-state index contributed by atoms with van der Waals surface area (Å²) in [5.74, 6) is 0. The first-order valence-corrected chi connectivity index (χ1v) is 5.87. The zero-order chi connectivity index (χ0) is 10.4. The van der Waals surface area contributed by atoms with Crippen molar-refractivity contribution in [2.45, 2.75) is 52.1 Å². The molecule has 0 atom stereocenters. The molecule has 1 heterocycles. The topological polar surface area (TPSA) is 15.3 Å². The highest BCUT2D eigenvalue weighted by Gasteiger charge is 2.38. The third-order valence-electron chi connectivity index (χ3n) is 3.34. The zero-order valence-electron chi connectivity index (χ0n) is 10.1. The molecule has 1 saturated carbocycles. The molecule has 0 unspecified atom stereocenters. The number of hydrogen-bond donors (Lipinski definition) is 1. The third-order valence-corrected chi connectivity index (χ3v) is 3.34. The van der Waals surface area contributed by atoms with Crippen molar-refractivity contribution in [1.82, 2.24) is 10.2 Å². The lowest BCUT2D eigenvalue weighted by molar-refractivity contribution is 0.182. The fraction of sp³-hybridized carbons (Fsp3) is 1.00. The molecule has 1 N–H and O–H groups in total. The second-order valence-corrected chi connectivity index (χ2v) is 6.54. The Morgan fingerprint density at radius 1 is 1.07 bits per heavy atom. The van der Waals surface area contributed by atoms with Gasteiger partial charge in [0, 0.05) is 31.2 Å². The van der Waals surface area contributed by atoms with Gasteiger partial charge in [0.2, 0.25) is 0 Å². The Balaban J connectivity index is 2.08. The molecule has 2 heteroatoms. The van der Waals surface area contributed by atoms with E-state index in [2.05, 4.69) is 37.9 Å². The first kappa shape index (κ1) is 10.4. The van der Waals surface area contributed by atoms with E-state index in [-0.39, 0.29) is 5.54 Å². The fourth-order valence-corrected chi connectivity index (χ4v) is 2.40. The van der Waals surface area contributed by atoms with Crippen LogP contribution in [0.25, 0.3) is 0 Å². The zero-order valence-corrected chi connectivity index (χ0v) is 10.1. The van der Waals surface area contributed by atoms with Gasteiger partial charge in [0.1, 0.15) is 0 Å². The Kier molecular flexibility index (Phi) is 2.39. The summed E-state index contributed by atoms with van der Waals surface area (Å²) >= 11 is 0. The van der Waals surface area contributed by atoms with Crippen LogP contribution in [-0.4, -0.2) is 36.1 Å². The summed E-state index contributed by atoms with van der Waals surface area (Å²) in [7, 11) is 0. The molecule has 1 aliphatic heterocycles. The van der Waals surface area contributed by atoms with Crippen LogP contribution in [0.4, 0.5) is 0 Å². The van der Waals surface area contributed by atoms with Gasteiger partial charge in [-0.05, 0) is 32.1 Å². The van der Waals surface area contributed by atoms with Gasteiger partial charge in [-0.3, -0.25) is 4.90 Å². The van der Waals surface area contributed by atoms with E-state index >= 15 is 0 Å². The van der Waals surface area contributed by atoms with Crippen molar-refractivity contribution in [3.63, 3.8) is 0 Å². The first-order valence-electron chi connectivity index (χ1n) is 5.87. The Labute approximate surface area is 88.1 Å². The lowest BCUT2D eigenvalue weighted by atomic mass is 9.93. The standard InChI is InChI=1S/C12H24N2/c1-11(2)7-13-12(3,4)9-14(8-11)10-5-6-10/h10,13H,5-9H2,1-4H3. The van der Waals surface area contributed by atoms with Crippen LogP contribution in [0.5, 0.6) is 0 Å². The van der Waals surface area contributed by atoms with E-state index in [1.807, 2.05) is 0 Å². The molecule has 0 aromatic carbocycles. The maximum Gasteiger partial charge on any atom is 0.0252 e. The summed E-state index contributed by atoms with van der Waals surface area (Å²) in [5, 5.41) is 3.68. The fourth-order valence-electron chi connectivity index (χ4n) is 2.40. The molecule has 1 saturated heterocycles. The van der Waals surface area contributed by atoms with Crippen molar-refractivity contribution >= 4 is 0 Å². The molecule has 0 amide bonds. The van der Waals surface area contributed by atoms with Crippen LogP contribution in [-0.2, 0) is 0 Å². The van der Waals surface area contributed by atoms with E-state index in [9.17, 15) is 0 Å². The van der Waals surface area contributed by atoms with Crippen LogP contribution in [0.2, 0.25) is 0 Å². The van der Waals surface area contributed by atoms with Gasteiger partial charge in [-0.1, -0.05) is 13.8 Å². The first-order chi connectivity index (χ1) is 6.38. The molecule has 0 spiro atoms. The molecule has 2 fully saturated rings. The van der Waals surface area contributed by atoms with Gasteiger partial charge in [-0.25, -0.2) is 0 Å². The number of rotatable bonds is 1. The third kappa shape index (κ3) is 2.48. The molecule has 0 aromatic rings. The van der Waals surface area contributed by atoms with Gasteiger partial charge in [-0.2, -0.15) is 0 Å². The van der Waals surface area contributed by atoms with E-state index in [1.165, 1.54) is 25.9 Å². The van der Waals surface area contributed by atoms with Gasteiger partial charge in [0.25, 0.3) is 0 Å². The van der Waals surface area contributed by atoms with Crippen LogP contribution < -0.4 is 5.32 Å². The Hall–Kier alpha value is -0.0800. The van der Waals surface area contributed by atoms with Crippen LogP contribution in [0.15, 0.2) is 0 Å². The molecule has 2 rings (SSSR count). The van der Waals surface area contributed by atoms with Gasteiger partial charge in [0.05, 0.1) is 0 Å². The summed E-state index contributed by atoms with van der Waals surface area (Å²) in [6.45, 7) is 13.0. The van der Waals surface area contributed by atoms with Crippen molar-refractivity contribution < 1.29 is 0 Å². The average Bonchev–Trinajstić information content (AvgIpc) is 2.79. The highest BCUT2D eigenvalue weighted by Crippen LogP contribution is 2.33. The van der Waals surface area contributed by atoms with Crippen molar-refractivity contribution in [3.8, 4) is 0 Å². The van der Waals surface area contributed by atoms with Crippen molar-refractivity contribution in [2.24, 2.45) is 5.41 Å². The summed E-state index contributed by atoms with van der Waals surface area (Å²) < 4.78 is 0. The molecule has 2 nitrogen and oxygen atoms in total. The van der Waals surface area contributed by atoms with E-state index in [0.29, 0.717) is 5.41 Å². The smallest absolute Gasteiger partial charge is 0.0252 e. The minimum Gasteiger partial charge on any atom is -0.310 e. The Morgan fingerprint density at radius 3 is 2.29 bits per heavy atom. The minimum atomic E-state index is 0.288. The van der Waals surface area contributed by atoms with Gasteiger partial charge < -0.3 is 5.32 Å². The summed E-state index contributed by atoms with van der Waals surface area (Å²) in [4.78, 5) is 2.69. The average molecular weight is 196 g/mol. The molecule has 0 radical (unpaired) electrons. The molecular formula is C12H24N2. The van der Waals surface area contributed by atoms with Crippen molar-refractivity contribution in [2.75, 3.05) is 19.6 Å². The van der Waals surface area contributed by atoms with E-state index in [4.69, 9.17) is 0 Å². The van der Waals surface area contributed by atoms with E-state index in [1.54, 1.807) is 0 Å². The van der Waals surface area contributed by atoms with Gasteiger partial charge in [0.15, 0.2) is 0 Å². The van der Waals surface area contributed by atoms with E-state index in [0.717, 1.165) is 12.6 Å². The normalized spacial score (nSPS) is 32.6. The van der Waals surface area contributed by atoms with Crippen LogP contribution in [0.3, 0.4) is 0 Å². The van der Waals surface area contributed by atoms with Crippen LogP contribution in [0.1, 0.15) is 40.5 Å². The summed E-state index contributed by atoms with van der Waals surface area (Å²) in [5.41, 5.74) is 0.715. The Bertz CT molecular complexity index is 198. The van der Waals surface area contributed by atoms with Crippen LogP contribution >= 0.6 is 0 Å². The number of nitrogens with zero attached hydrogens (tertiary/aromatic N) is 1. The lowest BCUT2D eigenvalue weighted by Gasteiger charge is -2.30. The minimum absolute atomic E-state index is 0.288. The van der Waals surface area contributed by atoms with Crippen molar-refractivity contribution in [3.05, 3.63) is 0 Å². The molecule has 82 valence electrons. The largest absolute Gasteiger partial charge is 0.310 e. The van der Waals surface area contributed by atoms with Crippen molar-refractivity contribution in [1.29, 1.82) is 0 Å². The summed E-state index contributed by atoms with van der Waals surface area (Å²) in [6.07, 6.45) is 2.85. The maximum absolute atomic E-state index is 3.68. The monoisotopic (exact) mass is 196 g/mol. The molecular weight excluding hydrogens is 172 g/mol. The molecule has 0 aromatic heterocycles. The highest BCUT2D eigenvalue weighted by atomic mass is 15.2. The molecule has 1 aliphatic carbocycles. The molecule has 0 bridgehead atoms. The predicted molar refractivity (Wildman–Crippen MR) is 60.5 cm³/mol. The number of nitrogens with one attached hydrogen (secondary N) is 1. The van der Waals surface area contributed by atoms with Crippen LogP contribution in [0, 0.1) is 5.41 Å². The lowest BCUT2D eigenvalue weighted by Crippen LogP contribution is -2.47. The van der Waals surface area contributed by atoms with Gasteiger partial charge in [-0.15, -0.1) is 0 Å².